The van der Waals surface area contributed by atoms with Crippen LogP contribution in [0.1, 0.15) is 22.9 Å². The molecule has 0 radical (unpaired) electrons. The lowest BCUT2D eigenvalue weighted by Gasteiger charge is -2.11. The third kappa shape index (κ3) is 3.84. The number of nitrogens with one attached hydrogen (secondary N) is 2. The van der Waals surface area contributed by atoms with Crippen LogP contribution in [0.2, 0.25) is 0 Å². The van der Waals surface area contributed by atoms with Gasteiger partial charge in [0.1, 0.15) is 0 Å². The number of hydrogen-bond acceptors (Lipinski definition) is 4. The van der Waals surface area contributed by atoms with E-state index in [9.17, 15) is 8.42 Å². The first-order valence-electron chi connectivity index (χ1n) is 6.81. The van der Waals surface area contributed by atoms with Crippen molar-refractivity contribution in [3.63, 3.8) is 0 Å². The maximum absolute atomic E-state index is 12.4. The highest BCUT2D eigenvalue weighted by Gasteiger charge is 2.17. The van der Waals surface area contributed by atoms with Crippen molar-refractivity contribution >= 4 is 27.0 Å². The van der Waals surface area contributed by atoms with Crippen molar-refractivity contribution in [1.82, 2.24) is 5.32 Å². The van der Waals surface area contributed by atoms with Crippen molar-refractivity contribution < 1.29 is 8.42 Å². The summed E-state index contributed by atoms with van der Waals surface area (Å²) in [6.45, 7) is 7.46. The fourth-order valence-electron chi connectivity index (χ4n) is 1.91. The average Bonchev–Trinajstić information content (AvgIpc) is 2.91. The van der Waals surface area contributed by atoms with Crippen LogP contribution >= 0.6 is 11.3 Å². The van der Waals surface area contributed by atoms with E-state index in [0.29, 0.717) is 17.1 Å². The fourth-order valence-corrected chi connectivity index (χ4v) is 4.28. The van der Waals surface area contributed by atoms with Crippen molar-refractivity contribution in [2.75, 3.05) is 11.3 Å². The van der Waals surface area contributed by atoms with E-state index in [1.165, 1.54) is 11.3 Å². The third-order valence-electron chi connectivity index (χ3n) is 3.34. The lowest BCUT2D eigenvalue weighted by molar-refractivity contribution is 0.601. The molecule has 114 valence electrons. The number of aryl methyl sites for hydroxylation is 1. The zero-order valence-corrected chi connectivity index (χ0v) is 14.1. The highest BCUT2D eigenvalue weighted by Crippen LogP contribution is 2.24. The summed E-state index contributed by atoms with van der Waals surface area (Å²) < 4.78 is 27.5. The summed E-state index contributed by atoms with van der Waals surface area (Å²) in [6, 6.07) is 7.32. The van der Waals surface area contributed by atoms with Crippen LogP contribution in [0, 0.1) is 13.8 Å². The number of benzene rings is 1. The number of thiophene rings is 1. The number of hydrogen-bond donors (Lipinski definition) is 2. The summed E-state index contributed by atoms with van der Waals surface area (Å²) in [6.07, 6.45) is 0. The van der Waals surface area contributed by atoms with Crippen LogP contribution in [0.3, 0.4) is 0 Å². The second kappa shape index (κ2) is 6.60. The van der Waals surface area contributed by atoms with Crippen LogP contribution in [0.15, 0.2) is 34.5 Å². The molecule has 0 atom stereocenters. The number of rotatable bonds is 6. The van der Waals surface area contributed by atoms with Gasteiger partial charge in [0, 0.05) is 16.8 Å². The molecular formula is C15H20N2O2S2. The Kier molecular flexibility index (Phi) is 5.03. The summed E-state index contributed by atoms with van der Waals surface area (Å²) in [5.41, 5.74) is 2.65. The highest BCUT2D eigenvalue weighted by molar-refractivity contribution is 7.92. The topological polar surface area (TPSA) is 58.2 Å². The minimum atomic E-state index is -3.52. The Bertz CT molecular complexity index is 721. The van der Waals surface area contributed by atoms with E-state index in [-0.39, 0.29) is 0 Å². The molecule has 0 aliphatic carbocycles. The van der Waals surface area contributed by atoms with Crippen LogP contribution in [-0.2, 0) is 16.6 Å². The summed E-state index contributed by atoms with van der Waals surface area (Å²) in [5, 5.41) is 4.87. The summed E-state index contributed by atoms with van der Waals surface area (Å²) >= 11 is 1.45. The molecule has 2 aromatic rings. The molecule has 0 saturated heterocycles. The first-order chi connectivity index (χ1) is 9.94. The molecule has 1 aromatic heterocycles. The average molecular weight is 324 g/mol. The zero-order chi connectivity index (χ0) is 15.5. The maximum Gasteiger partial charge on any atom is 0.262 e. The van der Waals surface area contributed by atoms with Gasteiger partial charge in [-0.1, -0.05) is 19.1 Å². The number of sulfonamides is 1. The first-order valence-corrected chi connectivity index (χ1v) is 9.17. The molecule has 2 rings (SSSR count). The number of anilines is 1. The van der Waals surface area contributed by atoms with Crippen LogP contribution in [-0.4, -0.2) is 15.0 Å². The third-order valence-corrected chi connectivity index (χ3v) is 5.77. The van der Waals surface area contributed by atoms with Gasteiger partial charge < -0.3 is 5.32 Å². The van der Waals surface area contributed by atoms with Crippen LogP contribution in [0.4, 0.5) is 5.69 Å². The molecule has 4 nitrogen and oxygen atoms in total. The molecule has 0 saturated carbocycles. The van der Waals surface area contributed by atoms with Gasteiger partial charge in [-0.2, -0.15) is 0 Å². The molecule has 0 fully saturated rings. The molecule has 2 N–H and O–H groups in total. The monoisotopic (exact) mass is 324 g/mol. The lowest BCUT2D eigenvalue weighted by Crippen LogP contribution is -2.13. The fraction of sp³-hybridized carbons (Fsp3) is 0.333. The SMILES string of the molecule is CCNCc1cc(S(=O)(=O)Nc2cccc(C)c2C)cs1. The van der Waals surface area contributed by atoms with E-state index in [2.05, 4.69) is 10.0 Å². The Balaban J connectivity index is 2.22. The van der Waals surface area contributed by atoms with E-state index in [1.807, 2.05) is 32.9 Å². The Morgan fingerprint density at radius 1 is 1.24 bits per heavy atom. The molecule has 1 heterocycles. The van der Waals surface area contributed by atoms with Crippen LogP contribution in [0.25, 0.3) is 0 Å². The van der Waals surface area contributed by atoms with Gasteiger partial charge in [0.25, 0.3) is 10.0 Å². The Hall–Kier alpha value is -1.37. The zero-order valence-electron chi connectivity index (χ0n) is 12.4. The summed E-state index contributed by atoms with van der Waals surface area (Å²) in [4.78, 5) is 1.33. The van der Waals surface area contributed by atoms with E-state index in [0.717, 1.165) is 22.5 Å². The van der Waals surface area contributed by atoms with Gasteiger partial charge in [-0.15, -0.1) is 11.3 Å². The second-order valence-electron chi connectivity index (χ2n) is 4.88. The van der Waals surface area contributed by atoms with E-state index in [4.69, 9.17) is 0 Å². The molecule has 0 spiro atoms. The predicted octanol–water partition coefficient (Wildman–Crippen LogP) is 3.28. The van der Waals surface area contributed by atoms with Crippen molar-refractivity contribution in [3.8, 4) is 0 Å². The molecule has 0 bridgehead atoms. The molecule has 21 heavy (non-hydrogen) atoms. The molecule has 1 aromatic carbocycles. The molecule has 0 aliphatic heterocycles. The standard InChI is InChI=1S/C15H20N2O2S2/c1-4-16-9-13-8-14(10-20-13)21(18,19)17-15-7-5-6-11(2)12(15)3/h5-8,10,16-17H,4,9H2,1-3H3. The molecule has 0 aliphatic rings. The molecule has 6 heteroatoms. The smallest absolute Gasteiger partial charge is 0.262 e. The van der Waals surface area contributed by atoms with Crippen molar-refractivity contribution in [1.29, 1.82) is 0 Å². The van der Waals surface area contributed by atoms with E-state index >= 15 is 0 Å². The van der Waals surface area contributed by atoms with Crippen LogP contribution < -0.4 is 10.0 Å². The van der Waals surface area contributed by atoms with Crippen molar-refractivity contribution in [2.24, 2.45) is 0 Å². The Morgan fingerprint density at radius 3 is 2.71 bits per heavy atom. The van der Waals surface area contributed by atoms with Gasteiger partial charge in [-0.25, -0.2) is 8.42 Å². The predicted molar refractivity (Wildman–Crippen MR) is 88.4 cm³/mol. The van der Waals surface area contributed by atoms with E-state index < -0.39 is 10.0 Å². The van der Waals surface area contributed by atoms with Gasteiger partial charge in [0.15, 0.2) is 0 Å². The molecule has 0 unspecified atom stereocenters. The molecule has 0 amide bonds. The van der Waals surface area contributed by atoms with Gasteiger partial charge >= 0.3 is 0 Å². The van der Waals surface area contributed by atoms with Gasteiger partial charge in [-0.3, -0.25) is 4.72 Å². The molecular weight excluding hydrogens is 304 g/mol. The first kappa shape index (κ1) is 16.0. The summed E-state index contributed by atoms with van der Waals surface area (Å²) in [5.74, 6) is 0. The Labute approximate surface area is 130 Å². The lowest BCUT2D eigenvalue weighted by atomic mass is 10.1. The normalized spacial score (nSPS) is 11.6. The van der Waals surface area contributed by atoms with Gasteiger partial charge in [-0.05, 0) is 43.7 Å². The quantitative estimate of drug-likeness (QED) is 0.857. The summed E-state index contributed by atoms with van der Waals surface area (Å²) in [7, 11) is -3.52. The van der Waals surface area contributed by atoms with E-state index in [1.54, 1.807) is 17.5 Å². The van der Waals surface area contributed by atoms with Crippen LogP contribution in [0.5, 0.6) is 0 Å². The van der Waals surface area contributed by atoms with Crippen molar-refractivity contribution in [3.05, 3.63) is 45.6 Å². The maximum atomic E-state index is 12.4. The minimum Gasteiger partial charge on any atom is -0.312 e. The van der Waals surface area contributed by atoms with Gasteiger partial charge in [0.2, 0.25) is 0 Å². The largest absolute Gasteiger partial charge is 0.312 e. The highest BCUT2D eigenvalue weighted by atomic mass is 32.2. The second-order valence-corrected chi connectivity index (χ2v) is 7.56. The van der Waals surface area contributed by atoms with Gasteiger partial charge in [0.05, 0.1) is 10.6 Å². The minimum absolute atomic E-state index is 0.321. The Morgan fingerprint density at radius 2 is 2.00 bits per heavy atom. The van der Waals surface area contributed by atoms with Crippen molar-refractivity contribution in [2.45, 2.75) is 32.2 Å².